The second-order valence-electron chi connectivity index (χ2n) is 6.09. The smallest absolute Gasteiger partial charge is 0.235 e. The van der Waals surface area contributed by atoms with Crippen LogP contribution in [0.15, 0.2) is 0 Å². The lowest BCUT2D eigenvalue weighted by atomic mass is 9.79. The fourth-order valence-electron chi connectivity index (χ4n) is 3.41. The Morgan fingerprint density at radius 3 is 2.28 bits per heavy atom. The Balaban J connectivity index is 1.91. The van der Waals surface area contributed by atoms with Crippen molar-refractivity contribution in [3.8, 4) is 0 Å². The molecule has 2 aliphatic rings. The number of primary amides is 1. The molecule has 2 rings (SSSR count). The molecule has 0 radical (unpaired) electrons. The van der Waals surface area contributed by atoms with Crippen molar-refractivity contribution in [2.75, 3.05) is 6.54 Å². The molecule has 18 heavy (non-hydrogen) atoms. The zero-order valence-corrected chi connectivity index (χ0v) is 11.4. The first-order valence-corrected chi connectivity index (χ1v) is 7.10. The van der Waals surface area contributed by atoms with Crippen molar-refractivity contribution >= 4 is 11.8 Å². The van der Waals surface area contributed by atoms with Gasteiger partial charge in [-0.25, -0.2) is 0 Å². The molecule has 1 saturated carbocycles. The minimum Gasteiger partial charge on any atom is -0.369 e. The van der Waals surface area contributed by atoms with Crippen molar-refractivity contribution in [3.05, 3.63) is 0 Å². The highest BCUT2D eigenvalue weighted by Crippen LogP contribution is 2.34. The summed E-state index contributed by atoms with van der Waals surface area (Å²) in [4.78, 5) is 25.2. The van der Waals surface area contributed by atoms with Gasteiger partial charge in [0.25, 0.3) is 0 Å². The molecule has 0 aromatic carbocycles. The van der Waals surface area contributed by atoms with E-state index in [0.717, 1.165) is 24.7 Å². The van der Waals surface area contributed by atoms with Crippen LogP contribution in [0.5, 0.6) is 0 Å². The largest absolute Gasteiger partial charge is 0.369 e. The molecule has 0 aromatic heterocycles. The molecule has 1 aliphatic carbocycles. The van der Waals surface area contributed by atoms with E-state index in [4.69, 9.17) is 5.73 Å². The molecule has 2 N–H and O–H groups in total. The number of carbonyl (C=O) groups excluding carboxylic acids is 2. The highest BCUT2D eigenvalue weighted by molar-refractivity contribution is 6.01. The molecule has 1 aliphatic heterocycles. The van der Waals surface area contributed by atoms with Gasteiger partial charge in [0, 0.05) is 12.6 Å². The lowest BCUT2D eigenvalue weighted by Crippen LogP contribution is -2.42. The molecular weight excluding hydrogens is 228 g/mol. The van der Waals surface area contributed by atoms with E-state index in [-0.39, 0.29) is 5.91 Å². The number of amides is 2. The van der Waals surface area contributed by atoms with Crippen LogP contribution in [0.3, 0.4) is 0 Å². The zero-order chi connectivity index (χ0) is 13.3. The molecule has 2 fully saturated rings. The summed E-state index contributed by atoms with van der Waals surface area (Å²) in [7, 11) is 0. The predicted octanol–water partition coefficient (Wildman–Crippen LogP) is 1.53. The zero-order valence-electron chi connectivity index (χ0n) is 11.4. The van der Waals surface area contributed by atoms with Gasteiger partial charge in [-0.15, -0.1) is 0 Å². The quantitative estimate of drug-likeness (QED) is 0.774. The lowest BCUT2D eigenvalue weighted by Gasteiger charge is -2.36. The van der Waals surface area contributed by atoms with Gasteiger partial charge in [0.15, 0.2) is 0 Å². The predicted molar refractivity (Wildman–Crippen MR) is 69.6 cm³/mol. The van der Waals surface area contributed by atoms with E-state index < -0.39 is 11.8 Å². The summed E-state index contributed by atoms with van der Waals surface area (Å²) < 4.78 is 0. The third-order valence-electron chi connectivity index (χ3n) is 4.71. The summed E-state index contributed by atoms with van der Waals surface area (Å²) in [6.45, 7) is 5.26. The Kier molecular flexibility index (Phi) is 3.93. The van der Waals surface area contributed by atoms with E-state index in [9.17, 15) is 9.59 Å². The second kappa shape index (κ2) is 5.29. The van der Waals surface area contributed by atoms with Crippen molar-refractivity contribution in [1.82, 2.24) is 4.90 Å². The molecule has 0 aromatic rings. The summed E-state index contributed by atoms with van der Waals surface area (Å²) in [6.07, 6.45) is 5.18. The van der Waals surface area contributed by atoms with Crippen LogP contribution in [0.2, 0.25) is 0 Å². The fraction of sp³-hybridized carbons (Fsp3) is 0.857. The number of rotatable bonds is 3. The van der Waals surface area contributed by atoms with Gasteiger partial charge in [0.05, 0.1) is 0 Å². The van der Waals surface area contributed by atoms with Crippen LogP contribution in [0.25, 0.3) is 0 Å². The Bertz CT molecular complexity index is 333. The summed E-state index contributed by atoms with van der Waals surface area (Å²) in [6, 6.07) is 0.344. The van der Waals surface area contributed by atoms with E-state index in [1.54, 1.807) is 0 Å². The molecule has 2 amide bonds. The van der Waals surface area contributed by atoms with Crippen molar-refractivity contribution in [3.63, 3.8) is 0 Å². The maximum absolute atomic E-state index is 12.1. The molecule has 0 bridgehead atoms. The standard InChI is InChI=1S/C14H24N2O2/c1-9(2)10-3-5-11(6-4-10)16-8-7-12(13(15)17)14(16)18/h9-12H,3-8H2,1-2H3,(H2,15,17). The summed E-state index contributed by atoms with van der Waals surface area (Å²) in [5, 5.41) is 0. The molecule has 1 unspecified atom stereocenters. The van der Waals surface area contributed by atoms with Crippen LogP contribution in [0.4, 0.5) is 0 Å². The van der Waals surface area contributed by atoms with Gasteiger partial charge in [-0.1, -0.05) is 13.8 Å². The molecule has 4 nitrogen and oxygen atoms in total. The molecular formula is C14H24N2O2. The van der Waals surface area contributed by atoms with Crippen LogP contribution >= 0.6 is 0 Å². The number of nitrogens with two attached hydrogens (primary N) is 1. The maximum Gasteiger partial charge on any atom is 0.235 e. The first-order valence-electron chi connectivity index (χ1n) is 7.10. The average molecular weight is 252 g/mol. The van der Waals surface area contributed by atoms with Gasteiger partial charge in [-0.05, 0) is 43.9 Å². The topological polar surface area (TPSA) is 63.4 Å². The number of nitrogens with zero attached hydrogens (tertiary/aromatic N) is 1. The van der Waals surface area contributed by atoms with Crippen LogP contribution < -0.4 is 5.73 Å². The van der Waals surface area contributed by atoms with Gasteiger partial charge >= 0.3 is 0 Å². The summed E-state index contributed by atoms with van der Waals surface area (Å²) in [5.74, 6) is 0.478. The maximum atomic E-state index is 12.1. The van der Waals surface area contributed by atoms with Gasteiger partial charge in [0.1, 0.15) is 5.92 Å². The third kappa shape index (κ3) is 2.52. The molecule has 1 heterocycles. The Morgan fingerprint density at radius 1 is 1.22 bits per heavy atom. The van der Waals surface area contributed by atoms with Gasteiger partial charge in [-0.2, -0.15) is 0 Å². The number of hydrogen-bond donors (Lipinski definition) is 1. The van der Waals surface area contributed by atoms with Crippen LogP contribution in [0.1, 0.15) is 46.0 Å². The molecule has 0 spiro atoms. The second-order valence-corrected chi connectivity index (χ2v) is 6.09. The Hall–Kier alpha value is -1.06. The molecule has 1 atom stereocenters. The van der Waals surface area contributed by atoms with E-state index in [2.05, 4.69) is 13.8 Å². The van der Waals surface area contributed by atoms with Crippen molar-refractivity contribution in [1.29, 1.82) is 0 Å². The monoisotopic (exact) mass is 252 g/mol. The van der Waals surface area contributed by atoms with E-state index in [0.29, 0.717) is 19.0 Å². The third-order valence-corrected chi connectivity index (χ3v) is 4.71. The van der Waals surface area contributed by atoms with Gasteiger partial charge < -0.3 is 10.6 Å². The van der Waals surface area contributed by atoms with E-state index in [1.165, 1.54) is 12.8 Å². The number of carbonyl (C=O) groups is 2. The van der Waals surface area contributed by atoms with Gasteiger partial charge in [0.2, 0.25) is 11.8 Å². The minimum absolute atomic E-state index is 0.0319. The first-order chi connectivity index (χ1) is 8.50. The van der Waals surface area contributed by atoms with Crippen molar-refractivity contribution in [2.45, 2.75) is 52.0 Å². The molecule has 1 saturated heterocycles. The summed E-state index contributed by atoms with van der Waals surface area (Å²) in [5.41, 5.74) is 5.26. The molecule has 4 heteroatoms. The van der Waals surface area contributed by atoms with Crippen LogP contribution in [-0.2, 0) is 9.59 Å². The SMILES string of the molecule is CC(C)C1CCC(N2CCC(C(N)=O)C2=O)CC1. The first kappa shape index (κ1) is 13.4. The minimum atomic E-state index is -0.562. The van der Waals surface area contributed by atoms with Crippen LogP contribution in [-0.4, -0.2) is 29.3 Å². The Morgan fingerprint density at radius 2 is 1.83 bits per heavy atom. The normalized spacial score (nSPS) is 33.2. The number of hydrogen-bond acceptors (Lipinski definition) is 2. The Labute approximate surface area is 109 Å². The highest BCUT2D eigenvalue weighted by atomic mass is 16.2. The van der Waals surface area contributed by atoms with Crippen molar-refractivity contribution < 1.29 is 9.59 Å². The number of likely N-dealkylation sites (tertiary alicyclic amines) is 1. The van der Waals surface area contributed by atoms with Gasteiger partial charge in [-0.3, -0.25) is 9.59 Å². The summed E-state index contributed by atoms with van der Waals surface area (Å²) >= 11 is 0. The molecule has 102 valence electrons. The average Bonchev–Trinajstić information content (AvgIpc) is 2.71. The van der Waals surface area contributed by atoms with Crippen LogP contribution in [0, 0.1) is 17.8 Å². The van der Waals surface area contributed by atoms with E-state index in [1.807, 2.05) is 4.90 Å². The van der Waals surface area contributed by atoms with E-state index >= 15 is 0 Å². The lowest BCUT2D eigenvalue weighted by molar-refractivity contribution is -0.138. The highest BCUT2D eigenvalue weighted by Gasteiger charge is 2.40. The fourth-order valence-corrected chi connectivity index (χ4v) is 3.41. The van der Waals surface area contributed by atoms with Crippen molar-refractivity contribution in [2.24, 2.45) is 23.5 Å².